The second-order valence-electron chi connectivity index (χ2n) is 5.22. The third-order valence-corrected chi connectivity index (χ3v) is 3.90. The number of ether oxygens (including phenoxy) is 1. The summed E-state index contributed by atoms with van der Waals surface area (Å²) in [7, 11) is 1.34. The molecule has 0 aliphatic heterocycles. The molecule has 0 atom stereocenters. The van der Waals surface area contributed by atoms with E-state index in [4.69, 9.17) is 16.0 Å². The average Bonchev–Trinajstić information content (AvgIpc) is 3.26. The lowest BCUT2D eigenvalue weighted by molar-refractivity contribution is -0.140. The molecule has 130 valence electrons. The smallest absolute Gasteiger partial charge is 0.308 e. The molecule has 0 radical (unpaired) electrons. The normalized spacial score (nSPS) is 10.8. The first-order valence-corrected chi connectivity index (χ1v) is 7.96. The Hall–Kier alpha value is -2.64. The van der Waals surface area contributed by atoms with E-state index in [2.05, 4.69) is 14.7 Å². The zero-order valence-electron chi connectivity index (χ0n) is 13.5. The first kappa shape index (κ1) is 17.2. The summed E-state index contributed by atoms with van der Waals surface area (Å²) in [6.45, 7) is -0.247. The van der Waals surface area contributed by atoms with E-state index in [1.54, 1.807) is 29.1 Å². The predicted molar refractivity (Wildman–Crippen MR) is 90.3 cm³/mol. The molecule has 25 heavy (non-hydrogen) atoms. The molecule has 0 amide bonds. The summed E-state index contributed by atoms with van der Waals surface area (Å²) >= 11 is 5.94. The van der Waals surface area contributed by atoms with Crippen molar-refractivity contribution in [2.45, 2.75) is 19.4 Å². The van der Waals surface area contributed by atoms with Gasteiger partial charge in [0.2, 0.25) is 0 Å². The molecule has 7 nitrogen and oxygen atoms in total. The highest BCUT2D eigenvalue weighted by molar-refractivity contribution is 6.30. The van der Waals surface area contributed by atoms with Crippen molar-refractivity contribution < 1.29 is 19.1 Å². The van der Waals surface area contributed by atoms with E-state index in [1.165, 1.54) is 7.11 Å². The second-order valence-corrected chi connectivity index (χ2v) is 5.66. The van der Waals surface area contributed by atoms with Crippen molar-refractivity contribution in [2.75, 3.05) is 7.11 Å². The molecule has 0 unspecified atom stereocenters. The standard InChI is InChI=1S/C17H16ClN3O4/c1-24-15(23)7-6-13-16(11-2-4-12(18)5-3-11)20-17(25-13)21-9-8-19-14(21)10-22/h2-5,8-9,22H,6-7,10H2,1H3. The van der Waals surface area contributed by atoms with Gasteiger partial charge in [-0.3, -0.25) is 9.36 Å². The Balaban J connectivity index is 2.01. The number of carbonyl (C=O) groups excluding carboxylic acids is 1. The Labute approximate surface area is 148 Å². The Morgan fingerprint density at radius 3 is 2.80 bits per heavy atom. The van der Waals surface area contributed by atoms with Gasteiger partial charge in [0.25, 0.3) is 0 Å². The van der Waals surface area contributed by atoms with Crippen molar-refractivity contribution >= 4 is 17.6 Å². The van der Waals surface area contributed by atoms with Crippen molar-refractivity contribution in [3.05, 3.63) is 53.3 Å². The number of carbonyl (C=O) groups is 1. The van der Waals surface area contributed by atoms with Crippen LogP contribution in [0.15, 0.2) is 41.1 Å². The fraction of sp³-hybridized carbons (Fsp3) is 0.235. The van der Waals surface area contributed by atoms with Crippen molar-refractivity contribution in [2.24, 2.45) is 0 Å². The maximum Gasteiger partial charge on any atom is 0.308 e. The largest absolute Gasteiger partial charge is 0.469 e. The average molecular weight is 362 g/mol. The van der Waals surface area contributed by atoms with Crippen LogP contribution in [0, 0.1) is 0 Å². The lowest BCUT2D eigenvalue weighted by atomic mass is 10.1. The number of halogens is 1. The monoisotopic (exact) mass is 361 g/mol. The zero-order chi connectivity index (χ0) is 17.8. The van der Waals surface area contributed by atoms with Gasteiger partial charge in [0, 0.05) is 29.4 Å². The lowest BCUT2D eigenvalue weighted by Gasteiger charge is -2.01. The molecule has 8 heteroatoms. The highest BCUT2D eigenvalue weighted by Crippen LogP contribution is 2.28. The third-order valence-electron chi connectivity index (χ3n) is 3.65. The highest BCUT2D eigenvalue weighted by Gasteiger charge is 2.19. The number of aryl methyl sites for hydroxylation is 1. The number of aromatic nitrogens is 3. The topological polar surface area (TPSA) is 90.4 Å². The summed E-state index contributed by atoms with van der Waals surface area (Å²) in [5.74, 6) is 0.613. The van der Waals surface area contributed by atoms with Gasteiger partial charge in [0.15, 0.2) is 0 Å². The van der Waals surface area contributed by atoms with Gasteiger partial charge in [-0.1, -0.05) is 23.7 Å². The summed E-state index contributed by atoms with van der Waals surface area (Å²) < 4.78 is 12.1. The molecule has 1 N–H and O–H groups in total. The number of oxazole rings is 1. The number of aliphatic hydroxyl groups excluding tert-OH is 1. The fourth-order valence-electron chi connectivity index (χ4n) is 2.39. The molecule has 3 aromatic rings. The number of esters is 1. The van der Waals surface area contributed by atoms with Gasteiger partial charge in [0.1, 0.15) is 23.9 Å². The molecular formula is C17H16ClN3O4. The van der Waals surface area contributed by atoms with Crippen molar-refractivity contribution in [1.29, 1.82) is 0 Å². The lowest BCUT2D eigenvalue weighted by Crippen LogP contribution is -2.02. The molecule has 0 saturated carbocycles. The molecular weight excluding hydrogens is 346 g/mol. The number of hydrogen-bond donors (Lipinski definition) is 1. The minimum absolute atomic E-state index is 0.169. The highest BCUT2D eigenvalue weighted by atomic mass is 35.5. The van der Waals surface area contributed by atoms with Crippen LogP contribution in [0.3, 0.4) is 0 Å². The molecule has 0 aliphatic rings. The van der Waals surface area contributed by atoms with Gasteiger partial charge in [-0.2, -0.15) is 4.98 Å². The van der Waals surface area contributed by atoms with E-state index in [9.17, 15) is 9.90 Å². The Bertz CT molecular complexity index is 870. The third kappa shape index (κ3) is 3.72. The number of imidazole rings is 1. The molecule has 0 aliphatic carbocycles. The molecule has 0 bridgehead atoms. The zero-order valence-corrected chi connectivity index (χ0v) is 14.2. The van der Waals surface area contributed by atoms with Crippen LogP contribution in [-0.2, 0) is 22.6 Å². The summed E-state index contributed by atoms with van der Waals surface area (Å²) in [5, 5.41) is 9.98. The Morgan fingerprint density at radius 2 is 2.12 bits per heavy atom. The molecule has 3 rings (SSSR count). The van der Waals surface area contributed by atoms with Gasteiger partial charge in [-0.15, -0.1) is 0 Å². The maximum atomic E-state index is 11.5. The second kappa shape index (κ2) is 7.50. The summed E-state index contributed by atoms with van der Waals surface area (Å²) in [4.78, 5) is 20.0. The molecule has 1 aromatic carbocycles. The van der Waals surface area contributed by atoms with Crippen LogP contribution in [0.2, 0.25) is 5.02 Å². The number of methoxy groups -OCH3 is 1. The predicted octanol–water partition coefficient (Wildman–Crippen LogP) is 2.78. The molecule has 0 spiro atoms. The SMILES string of the molecule is COC(=O)CCc1oc(-n2ccnc2CO)nc1-c1ccc(Cl)cc1. The van der Waals surface area contributed by atoms with Crippen molar-refractivity contribution in [1.82, 2.24) is 14.5 Å². The van der Waals surface area contributed by atoms with E-state index < -0.39 is 0 Å². The van der Waals surface area contributed by atoms with Crippen molar-refractivity contribution in [3.63, 3.8) is 0 Å². The first-order chi connectivity index (χ1) is 12.1. The van der Waals surface area contributed by atoms with Crippen LogP contribution in [-0.4, -0.2) is 32.7 Å². The van der Waals surface area contributed by atoms with Crippen LogP contribution in [0.4, 0.5) is 0 Å². The van der Waals surface area contributed by atoms with Gasteiger partial charge < -0.3 is 14.3 Å². The minimum atomic E-state index is -0.335. The minimum Gasteiger partial charge on any atom is -0.469 e. The van der Waals surface area contributed by atoms with E-state index in [0.717, 1.165) is 5.56 Å². The fourth-order valence-corrected chi connectivity index (χ4v) is 2.51. The number of benzene rings is 1. The Morgan fingerprint density at radius 1 is 1.36 bits per heavy atom. The van der Waals surface area contributed by atoms with Crippen LogP contribution in [0.5, 0.6) is 0 Å². The number of nitrogens with zero attached hydrogens (tertiary/aromatic N) is 3. The summed E-state index contributed by atoms with van der Waals surface area (Å²) in [6.07, 6.45) is 3.70. The quantitative estimate of drug-likeness (QED) is 0.679. The molecule has 0 fully saturated rings. The van der Waals surface area contributed by atoms with Gasteiger partial charge in [-0.25, -0.2) is 4.98 Å². The molecule has 2 heterocycles. The van der Waals surface area contributed by atoms with Crippen LogP contribution in [0.25, 0.3) is 17.3 Å². The van der Waals surface area contributed by atoms with Gasteiger partial charge in [-0.05, 0) is 12.1 Å². The van der Waals surface area contributed by atoms with E-state index in [1.807, 2.05) is 12.1 Å². The van der Waals surface area contributed by atoms with E-state index >= 15 is 0 Å². The maximum absolute atomic E-state index is 11.5. The number of rotatable bonds is 6. The van der Waals surface area contributed by atoms with Crippen LogP contribution in [0.1, 0.15) is 18.0 Å². The molecule has 2 aromatic heterocycles. The van der Waals surface area contributed by atoms with Gasteiger partial charge >= 0.3 is 12.0 Å². The van der Waals surface area contributed by atoms with E-state index in [-0.39, 0.29) is 25.0 Å². The van der Waals surface area contributed by atoms with Gasteiger partial charge in [0.05, 0.1) is 13.5 Å². The first-order valence-electron chi connectivity index (χ1n) is 7.58. The number of hydrogen-bond acceptors (Lipinski definition) is 6. The number of aliphatic hydroxyl groups is 1. The van der Waals surface area contributed by atoms with Crippen molar-refractivity contribution in [3.8, 4) is 17.3 Å². The van der Waals surface area contributed by atoms with E-state index in [0.29, 0.717) is 28.7 Å². The van der Waals surface area contributed by atoms with Crippen LogP contribution >= 0.6 is 11.6 Å². The Kier molecular flexibility index (Phi) is 5.16. The molecule has 0 saturated heterocycles. The van der Waals surface area contributed by atoms with Crippen LogP contribution < -0.4 is 0 Å². The summed E-state index contributed by atoms with van der Waals surface area (Å²) in [5.41, 5.74) is 1.41. The summed E-state index contributed by atoms with van der Waals surface area (Å²) in [6, 6.07) is 7.43.